The maximum absolute atomic E-state index is 2.24. The lowest BCUT2D eigenvalue weighted by Crippen LogP contribution is -1.58. The highest BCUT2D eigenvalue weighted by Gasteiger charge is 1.97. The van der Waals surface area contributed by atoms with Crippen LogP contribution in [-0.4, -0.2) is 0 Å². The zero-order valence-electron chi connectivity index (χ0n) is 8.59. The molecule has 0 amide bonds. The van der Waals surface area contributed by atoms with E-state index in [-0.39, 0.29) is 0 Å². The van der Waals surface area contributed by atoms with Gasteiger partial charge in [0.15, 0.2) is 0 Å². The highest BCUT2D eigenvalue weighted by Crippen LogP contribution is 2.27. The van der Waals surface area contributed by atoms with Crippen LogP contribution in [0.2, 0.25) is 0 Å². The summed E-state index contributed by atoms with van der Waals surface area (Å²) in [6, 6.07) is 15.0. The van der Waals surface area contributed by atoms with Crippen molar-refractivity contribution in [3.63, 3.8) is 0 Å². The number of rotatable bonds is 2. The standard InChI is InChI=1S/C14H10S2/c1-2-6-14-11(4-1)10-13(16-14)8-7-12-5-3-9-15-12/h1-10H/b8-7+. The van der Waals surface area contributed by atoms with Gasteiger partial charge in [0.2, 0.25) is 0 Å². The quantitative estimate of drug-likeness (QED) is 0.584. The lowest BCUT2D eigenvalue weighted by molar-refractivity contribution is 1.85. The minimum absolute atomic E-state index is 1.30. The average molecular weight is 242 g/mol. The minimum atomic E-state index is 1.30. The van der Waals surface area contributed by atoms with Gasteiger partial charge in [0.25, 0.3) is 0 Å². The van der Waals surface area contributed by atoms with Crippen molar-refractivity contribution in [1.82, 2.24) is 0 Å². The molecular formula is C14H10S2. The van der Waals surface area contributed by atoms with Gasteiger partial charge >= 0.3 is 0 Å². The third-order valence-electron chi connectivity index (χ3n) is 2.40. The van der Waals surface area contributed by atoms with Crippen LogP contribution in [0.4, 0.5) is 0 Å². The fraction of sp³-hybridized carbons (Fsp3) is 0. The Balaban J connectivity index is 1.95. The molecule has 0 spiro atoms. The minimum Gasteiger partial charge on any atom is -0.144 e. The van der Waals surface area contributed by atoms with Gasteiger partial charge < -0.3 is 0 Å². The first-order chi connectivity index (χ1) is 7.92. The van der Waals surface area contributed by atoms with Crippen LogP contribution in [0.5, 0.6) is 0 Å². The molecule has 0 nitrogen and oxygen atoms in total. The zero-order valence-corrected chi connectivity index (χ0v) is 10.2. The lowest BCUT2D eigenvalue weighted by Gasteiger charge is -1.82. The van der Waals surface area contributed by atoms with Gasteiger partial charge in [-0.15, -0.1) is 22.7 Å². The van der Waals surface area contributed by atoms with Gasteiger partial charge in [-0.3, -0.25) is 0 Å². The zero-order chi connectivity index (χ0) is 10.8. The summed E-state index contributed by atoms with van der Waals surface area (Å²) in [5, 5.41) is 3.43. The van der Waals surface area contributed by atoms with Crippen molar-refractivity contribution in [3.05, 3.63) is 57.6 Å². The van der Waals surface area contributed by atoms with Crippen molar-refractivity contribution in [2.75, 3.05) is 0 Å². The predicted octanol–water partition coefficient (Wildman–Crippen LogP) is 5.13. The second kappa shape index (κ2) is 4.24. The summed E-state index contributed by atoms with van der Waals surface area (Å²) >= 11 is 3.60. The molecule has 3 rings (SSSR count). The molecule has 0 bridgehead atoms. The monoisotopic (exact) mass is 242 g/mol. The van der Waals surface area contributed by atoms with Crippen LogP contribution >= 0.6 is 22.7 Å². The van der Waals surface area contributed by atoms with Crippen LogP contribution in [0, 0.1) is 0 Å². The second-order valence-corrected chi connectivity index (χ2v) is 5.63. The third kappa shape index (κ3) is 1.94. The molecule has 0 fully saturated rings. The largest absolute Gasteiger partial charge is 0.144 e. The Hall–Kier alpha value is -1.38. The Kier molecular flexibility index (Phi) is 2.60. The van der Waals surface area contributed by atoms with Crippen molar-refractivity contribution in [2.45, 2.75) is 0 Å². The summed E-state index contributed by atoms with van der Waals surface area (Å²) < 4.78 is 1.35. The van der Waals surface area contributed by atoms with Crippen molar-refractivity contribution in [3.8, 4) is 0 Å². The van der Waals surface area contributed by atoms with Gasteiger partial charge in [-0.25, -0.2) is 0 Å². The van der Waals surface area contributed by atoms with E-state index >= 15 is 0 Å². The Morgan fingerprint density at radius 1 is 0.875 bits per heavy atom. The van der Waals surface area contributed by atoms with Gasteiger partial charge in [0, 0.05) is 14.5 Å². The average Bonchev–Trinajstić information content (AvgIpc) is 2.95. The van der Waals surface area contributed by atoms with Gasteiger partial charge in [-0.05, 0) is 41.1 Å². The fourth-order valence-corrected chi connectivity index (χ4v) is 3.22. The lowest BCUT2D eigenvalue weighted by atomic mass is 10.2. The Morgan fingerprint density at radius 3 is 2.56 bits per heavy atom. The van der Waals surface area contributed by atoms with Crippen LogP contribution in [0.1, 0.15) is 9.75 Å². The molecule has 0 N–H and O–H groups in total. The van der Waals surface area contributed by atoms with Crippen LogP contribution in [-0.2, 0) is 0 Å². The van der Waals surface area contributed by atoms with E-state index in [9.17, 15) is 0 Å². The van der Waals surface area contributed by atoms with Crippen molar-refractivity contribution in [2.24, 2.45) is 0 Å². The first-order valence-electron chi connectivity index (χ1n) is 5.12. The molecule has 0 saturated heterocycles. The predicted molar refractivity (Wildman–Crippen MR) is 75.1 cm³/mol. The number of fused-ring (bicyclic) bond motifs is 1. The summed E-state index contributed by atoms with van der Waals surface area (Å²) in [7, 11) is 0. The third-order valence-corrected chi connectivity index (χ3v) is 4.32. The topological polar surface area (TPSA) is 0 Å². The van der Waals surface area contributed by atoms with Gasteiger partial charge in [-0.1, -0.05) is 24.3 Å². The molecule has 78 valence electrons. The first-order valence-corrected chi connectivity index (χ1v) is 6.81. The van der Waals surface area contributed by atoms with E-state index < -0.39 is 0 Å². The molecule has 2 heterocycles. The summed E-state index contributed by atoms with van der Waals surface area (Å²) in [5.41, 5.74) is 0. The SMILES string of the molecule is C(=C\c1cc2ccccc2s1)/c1cccs1. The van der Waals surface area contributed by atoms with E-state index in [1.807, 2.05) is 11.3 Å². The van der Waals surface area contributed by atoms with Crippen molar-refractivity contribution >= 4 is 44.9 Å². The summed E-state index contributed by atoms with van der Waals surface area (Å²) in [4.78, 5) is 2.62. The smallest absolute Gasteiger partial charge is 0.0349 e. The van der Waals surface area contributed by atoms with Crippen LogP contribution < -0.4 is 0 Å². The molecule has 0 aliphatic carbocycles. The Morgan fingerprint density at radius 2 is 1.75 bits per heavy atom. The van der Waals surface area contributed by atoms with Crippen LogP contribution in [0.25, 0.3) is 22.2 Å². The maximum Gasteiger partial charge on any atom is 0.0349 e. The van der Waals surface area contributed by atoms with Gasteiger partial charge in [0.05, 0.1) is 0 Å². The van der Waals surface area contributed by atoms with Crippen molar-refractivity contribution < 1.29 is 0 Å². The number of hydrogen-bond acceptors (Lipinski definition) is 2. The number of hydrogen-bond donors (Lipinski definition) is 0. The summed E-state index contributed by atoms with van der Waals surface area (Å²) in [5.74, 6) is 0. The van der Waals surface area contributed by atoms with E-state index in [2.05, 4.69) is 60.0 Å². The van der Waals surface area contributed by atoms with Gasteiger partial charge in [-0.2, -0.15) is 0 Å². The second-order valence-electron chi connectivity index (χ2n) is 3.54. The molecule has 1 aromatic carbocycles. The fourth-order valence-electron chi connectivity index (χ4n) is 1.63. The van der Waals surface area contributed by atoms with Crippen LogP contribution in [0.3, 0.4) is 0 Å². The molecule has 0 unspecified atom stereocenters. The molecule has 0 atom stereocenters. The molecule has 3 aromatic rings. The highest BCUT2D eigenvalue weighted by atomic mass is 32.1. The van der Waals surface area contributed by atoms with E-state index in [0.29, 0.717) is 0 Å². The van der Waals surface area contributed by atoms with E-state index in [1.54, 1.807) is 11.3 Å². The molecule has 0 radical (unpaired) electrons. The molecule has 16 heavy (non-hydrogen) atoms. The highest BCUT2D eigenvalue weighted by molar-refractivity contribution is 7.19. The molecule has 0 saturated carbocycles. The summed E-state index contributed by atoms with van der Waals surface area (Å²) in [6.45, 7) is 0. The maximum atomic E-state index is 2.24. The van der Waals surface area contributed by atoms with Gasteiger partial charge in [0.1, 0.15) is 0 Å². The number of benzene rings is 1. The van der Waals surface area contributed by atoms with E-state index in [1.165, 1.54) is 19.8 Å². The Bertz CT molecular complexity index is 582. The summed E-state index contributed by atoms with van der Waals surface area (Å²) in [6.07, 6.45) is 4.37. The normalized spacial score (nSPS) is 11.5. The van der Waals surface area contributed by atoms with Crippen molar-refractivity contribution in [1.29, 1.82) is 0 Å². The first kappa shape index (κ1) is 9.82. The van der Waals surface area contributed by atoms with E-state index in [0.717, 1.165) is 0 Å². The molecular weight excluding hydrogens is 232 g/mol. The molecule has 2 heteroatoms. The van der Waals surface area contributed by atoms with Crippen LogP contribution in [0.15, 0.2) is 47.8 Å². The molecule has 2 aromatic heterocycles. The molecule has 0 aliphatic heterocycles. The van der Waals surface area contributed by atoms with E-state index in [4.69, 9.17) is 0 Å². The Labute approximate surface area is 102 Å². The molecule has 0 aliphatic rings. The number of thiophene rings is 2.